The minimum absolute atomic E-state index is 0.229. The third kappa shape index (κ3) is 2.88. The van der Waals surface area contributed by atoms with Gasteiger partial charge in [0, 0.05) is 31.7 Å². The lowest BCUT2D eigenvalue weighted by molar-refractivity contribution is 0.0602. The Morgan fingerprint density at radius 2 is 1.84 bits per heavy atom. The van der Waals surface area contributed by atoms with Gasteiger partial charge in [0.1, 0.15) is 0 Å². The Morgan fingerprint density at radius 3 is 2.42 bits per heavy atom. The molecule has 19 heavy (non-hydrogen) atoms. The zero-order valence-corrected chi connectivity index (χ0v) is 12.4. The fraction of sp³-hybridized carbons (Fsp3) is 0.562. The van der Waals surface area contributed by atoms with Crippen molar-refractivity contribution < 1.29 is 4.79 Å². The molecular weight excluding hydrogens is 236 g/mol. The van der Waals surface area contributed by atoms with Crippen molar-refractivity contribution in [2.45, 2.75) is 33.2 Å². The predicted octanol–water partition coefficient (Wildman–Crippen LogP) is 2.17. The second kappa shape index (κ2) is 5.43. The molecule has 1 aromatic carbocycles. The van der Waals surface area contributed by atoms with Crippen LogP contribution in [0.1, 0.15) is 35.3 Å². The summed E-state index contributed by atoms with van der Waals surface area (Å²) in [5.74, 6) is 0.229. The van der Waals surface area contributed by atoms with Crippen molar-refractivity contribution in [3.8, 4) is 0 Å². The van der Waals surface area contributed by atoms with Crippen LogP contribution in [0, 0.1) is 13.8 Å². The molecule has 1 N–H and O–H groups in total. The number of aryl methyl sites for hydroxylation is 2. The van der Waals surface area contributed by atoms with Crippen LogP contribution in [-0.4, -0.2) is 42.4 Å². The third-order valence-electron chi connectivity index (χ3n) is 4.09. The quantitative estimate of drug-likeness (QED) is 0.845. The van der Waals surface area contributed by atoms with E-state index in [4.69, 9.17) is 0 Å². The van der Waals surface area contributed by atoms with Gasteiger partial charge >= 0.3 is 0 Å². The molecule has 0 unspecified atom stereocenters. The van der Waals surface area contributed by atoms with Crippen LogP contribution in [0.3, 0.4) is 0 Å². The molecule has 3 heteroatoms. The maximum absolute atomic E-state index is 12.8. The minimum atomic E-state index is -0.428. The second-order valence-electron chi connectivity index (χ2n) is 5.94. The van der Waals surface area contributed by atoms with Crippen LogP contribution in [0.5, 0.6) is 0 Å². The lowest BCUT2D eigenvalue weighted by Crippen LogP contribution is -2.57. The summed E-state index contributed by atoms with van der Waals surface area (Å²) in [6, 6.07) is 6.08. The van der Waals surface area contributed by atoms with Gasteiger partial charge < -0.3 is 5.32 Å². The van der Waals surface area contributed by atoms with Crippen molar-refractivity contribution in [1.29, 1.82) is 0 Å². The largest absolute Gasteiger partial charge is 0.314 e. The summed E-state index contributed by atoms with van der Waals surface area (Å²) in [5, 5.41) is 3.33. The first kappa shape index (κ1) is 14.2. The van der Waals surface area contributed by atoms with Gasteiger partial charge in [0.25, 0.3) is 0 Å². The molecule has 0 atom stereocenters. The van der Waals surface area contributed by atoms with Gasteiger partial charge in [-0.1, -0.05) is 23.8 Å². The fourth-order valence-electron chi connectivity index (χ4n) is 2.77. The van der Waals surface area contributed by atoms with E-state index in [-0.39, 0.29) is 5.78 Å². The molecule has 1 aromatic rings. The third-order valence-corrected chi connectivity index (χ3v) is 4.09. The van der Waals surface area contributed by atoms with Gasteiger partial charge in [0.2, 0.25) is 0 Å². The highest BCUT2D eigenvalue weighted by molar-refractivity contribution is 6.03. The zero-order valence-electron chi connectivity index (χ0n) is 12.4. The Balaban J connectivity index is 2.26. The smallest absolute Gasteiger partial charge is 0.182 e. The van der Waals surface area contributed by atoms with E-state index >= 15 is 0 Å². The number of benzene rings is 1. The number of ketones is 1. The lowest BCUT2D eigenvalue weighted by atomic mass is 9.88. The Hall–Kier alpha value is -1.19. The average Bonchev–Trinajstić information content (AvgIpc) is 2.39. The number of hydrogen-bond acceptors (Lipinski definition) is 3. The molecule has 3 nitrogen and oxygen atoms in total. The van der Waals surface area contributed by atoms with Crippen LogP contribution in [-0.2, 0) is 0 Å². The van der Waals surface area contributed by atoms with Crippen molar-refractivity contribution in [2.24, 2.45) is 0 Å². The van der Waals surface area contributed by atoms with Crippen molar-refractivity contribution in [2.75, 3.05) is 26.2 Å². The van der Waals surface area contributed by atoms with E-state index in [1.165, 1.54) is 5.56 Å². The molecule has 0 aromatic heterocycles. The van der Waals surface area contributed by atoms with E-state index < -0.39 is 5.54 Å². The van der Waals surface area contributed by atoms with Crippen LogP contribution in [0.15, 0.2) is 18.2 Å². The van der Waals surface area contributed by atoms with Crippen molar-refractivity contribution in [1.82, 2.24) is 10.2 Å². The zero-order chi connectivity index (χ0) is 14.0. The van der Waals surface area contributed by atoms with Gasteiger partial charge in [-0.3, -0.25) is 9.69 Å². The molecule has 0 bridgehead atoms. The van der Waals surface area contributed by atoms with Crippen molar-refractivity contribution in [3.63, 3.8) is 0 Å². The summed E-state index contributed by atoms with van der Waals surface area (Å²) in [7, 11) is 0. The number of piperazine rings is 1. The van der Waals surface area contributed by atoms with Gasteiger partial charge in [0.05, 0.1) is 5.54 Å². The number of nitrogens with one attached hydrogen (secondary N) is 1. The highest BCUT2D eigenvalue weighted by Gasteiger charge is 2.36. The Kier molecular flexibility index (Phi) is 4.07. The maximum atomic E-state index is 12.8. The molecule has 104 valence electrons. The number of carbonyl (C=O) groups excluding carboxylic acids is 1. The van der Waals surface area contributed by atoms with Gasteiger partial charge in [-0.2, -0.15) is 0 Å². The highest BCUT2D eigenvalue weighted by Crippen LogP contribution is 2.23. The summed E-state index contributed by atoms with van der Waals surface area (Å²) < 4.78 is 0. The summed E-state index contributed by atoms with van der Waals surface area (Å²) in [6.07, 6.45) is 0. The molecule has 0 aliphatic carbocycles. The molecule has 0 spiro atoms. The topological polar surface area (TPSA) is 32.3 Å². The van der Waals surface area contributed by atoms with Gasteiger partial charge in [-0.15, -0.1) is 0 Å². The van der Waals surface area contributed by atoms with E-state index in [2.05, 4.69) is 23.2 Å². The predicted molar refractivity (Wildman–Crippen MR) is 78.8 cm³/mol. The average molecular weight is 260 g/mol. The van der Waals surface area contributed by atoms with Crippen molar-refractivity contribution in [3.05, 3.63) is 34.9 Å². The Bertz CT molecular complexity index is 474. The van der Waals surface area contributed by atoms with Crippen LogP contribution < -0.4 is 5.32 Å². The first-order valence-electron chi connectivity index (χ1n) is 7.01. The van der Waals surface area contributed by atoms with E-state index in [1.54, 1.807) is 0 Å². The molecule has 1 fully saturated rings. The SMILES string of the molecule is Cc1ccc(C(=O)C(C)(C)N2CCNCC2)c(C)c1. The summed E-state index contributed by atoms with van der Waals surface area (Å²) in [5.41, 5.74) is 2.71. The summed E-state index contributed by atoms with van der Waals surface area (Å²) >= 11 is 0. The Morgan fingerprint density at radius 1 is 1.21 bits per heavy atom. The van der Waals surface area contributed by atoms with Crippen LogP contribution >= 0.6 is 0 Å². The van der Waals surface area contributed by atoms with Gasteiger partial charge in [-0.05, 0) is 33.3 Å². The van der Waals surface area contributed by atoms with Gasteiger partial charge in [0.15, 0.2) is 5.78 Å². The molecule has 1 heterocycles. The number of rotatable bonds is 3. The van der Waals surface area contributed by atoms with E-state index in [0.717, 1.165) is 37.3 Å². The highest BCUT2D eigenvalue weighted by atomic mass is 16.1. The molecule has 0 radical (unpaired) electrons. The first-order valence-corrected chi connectivity index (χ1v) is 7.01. The Labute approximate surface area is 116 Å². The molecule has 0 amide bonds. The van der Waals surface area contributed by atoms with Crippen LogP contribution in [0.2, 0.25) is 0 Å². The minimum Gasteiger partial charge on any atom is -0.314 e. The second-order valence-corrected chi connectivity index (χ2v) is 5.94. The van der Waals surface area contributed by atoms with E-state index in [1.807, 2.05) is 32.9 Å². The summed E-state index contributed by atoms with van der Waals surface area (Å²) in [6.45, 7) is 12.0. The maximum Gasteiger partial charge on any atom is 0.182 e. The lowest BCUT2D eigenvalue weighted by Gasteiger charge is -2.40. The van der Waals surface area contributed by atoms with E-state index in [0.29, 0.717) is 0 Å². The number of carbonyl (C=O) groups is 1. The first-order chi connectivity index (χ1) is 8.93. The normalized spacial score (nSPS) is 17.5. The molecule has 1 aliphatic heterocycles. The number of Topliss-reactive ketones (excluding diaryl/α,β-unsaturated/α-hetero) is 1. The van der Waals surface area contributed by atoms with Crippen LogP contribution in [0.25, 0.3) is 0 Å². The fourth-order valence-corrected chi connectivity index (χ4v) is 2.77. The summed E-state index contributed by atoms with van der Waals surface area (Å²) in [4.78, 5) is 15.1. The molecule has 2 rings (SSSR count). The molecule has 1 aliphatic rings. The van der Waals surface area contributed by atoms with Crippen molar-refractivity contribution >= 4 is 5.78 Å². The number of hydrogen-bond donors (Lipinski definition) is 1. The molecule has 0 saturated carbocycles. The van der Waals surface area contributed by atoms with E-state index in [9.17, 15) is 4.79 Å². The molecule has 1 saturated heterocycles. The standard InChI is InChI=1S/C16H24N2O/c1-12-5-6-14(13(2)11-12)15(19)16(3,4)18-9-7-17-8-10-18/h5-6,11,17H,7-10H2,1-4H3. The van der Waals surface area contributed by atoms with Gasteiger partial charge in [-0.25, -0.2) is 0 Å². The number of nitrogens with zero attached hydrogens (tertiary/aromatic N) is 1. The van der Waals surface area contributed by atoms with Crippen LogP contribution in [0.4, 0.5) is 0 Å². The molecular formula is C16H24N2O. The monoisotopic (exact) mass is 260 g/mol.